The second-order valence-electron chi connectivity index (χ2n) is 6.81. The van der Waals surface area contributed by atoms with Gasteiger partial charge in [0.2, 0.25) is 11.8 Å². The van der Waals surface area contributed by atoms with Gasteiger partial charge in [0.15, 0.2) is 0 Å². The lowest BCUT2D eigenvalue weighted by Crippen LogP contribution is -2.42. The van der Waals surface area contributed by atoms with Crippen molar-refractivity contribution in [2.45, 2.75) is 52.0 Å². The molecule has 120 valence electrons. The standard InChI is InChI=1S/C17H24N2O2S/c1-12-6-7-14(22-12)13(2)18(3)11-19-15(20)10-17(16(19)21)8-4-5-9-17/h6-7,13H,4-5,8-11H2,1-3H3/t13-/m0/s1. The van der Waals surface area contributed by atoms with E-state index in [4.69, 9.17) is 0 Å². The summed E-state index contributed by atoms with van der Waals surface area (Å²) in [6, 6.07) is 4.46. The van der Waals surface area contributed by atoms with Crippen molar-refractivity contribution in [2.75, 3.05) is 13.7 Å². The van der Waals surface area contributed by atoms with Crippen LogP contribution in [0, 0.1) is 12.3 Å². The van der Waals surface area contributed by atoms with Crippen LogP contribution in [0.5, 0.6) is 0 Å². The molecule has 1 aliphatic carbocycles. The van der Waals surface area contributed by atoms with Gasteiger partial charge in [-0.25, -0.2) is 0 Å². The first-order chi connectivity index (χ1) is 10.4. The molecule has 1 aliphatic heterocycles. The van der Waals surface area contributed by atoms with Crippen LogP contribution in [-0.4, -0.2) is 35.3 Å². The molecule has 22 heavy (non-hydrogen) atoms. The highest BCUT2D eigenvalue weighted by atomic mass is 32.1. The number of thiophene rings is 1. The number of amides is 2. The Labute approximate surface area is 136 Å². The van der Waals surface area contributed by atoms with Crippen LogP contribution in [0.3, 0.4) is 0 Å². The third-order valence-electron chi connectivity index (χ3n) is 5.25. The Morgan fingerprint density at radius 3 is 2.59 bits per heavy atom. The number of hydrogen-bond donors (Lipinski definition) is 0. The maximum Gasteiger partial charge on any atom is 0.237 e. The topological polar surface area (TPSA) is 40.6 Å². The number of imide groups is 1. The molecule has 0 unspecified atom stereocenters. The third kappa shape index (κ3) is 2.61. The Bertz CT molecular complexity index is 589. The molecule has 1 aromatic rings. The van der Waals surface area contributed by atoms with E-state index in [0.29, 0.717) is 13.1 Å². The van der Waals surface area contributed by atoms with Gasteiger partial charge < -0.3 is 0 Å². The van der Waals surface area contributed by atoms with E-state index in [1.165, 1.54) is 14.7 Å². The number of likely N-dealkylation sites (tertiary alicyclic amines) is 1. The zero-order valence-corrected chi connectivity index (χ0v) is 14.4. The van der Waals surface area contributed by atoms with E-state index in [-0.39, 0.29) is 23.3 Å². The first kappa shape index (κ1) is 15.7. The molecule has 2 fully saturated rings. The van der Waals surface area contributed by atoms with Gasteiger partial charge in [0.25, 0.3) is 0 Å². The molecular weight excluding hydrogens is 296 g/mol. The van der Waals surface area contributed by atoms with Gasteiger partial charge in [-0.2, -0.15) is 0 Å². The average Bonchev–Trinajstić information content (AvgIpc) is 3.16. The van der Waals surface area contributed by atoms with E-state index < -0.39 is 0 Å². The van der Waals surface area contributed by atoms with E-state index in [0.717, 1.165) is 25.7 Å². The zero-order valence-electron chi connectivity index (χ0n) is 13.6. The fourth-order valence-electron chi connectivity index (χ4n) is 3.69. The van der Waals surface area contributed by atoms with Crippen molar-refractivity contribution >= 4 is 23.2 Å². The van der Waals surface area contributed by atoms with E-state index in [9.17, 15) is 9.59 Å². The summed E-state index contributed by atoms with van der Waals surface area (Å²) in [6.07, 6.45) is 4.35. The lowest BCUT2D eigenvalue weighted by molar-refractivity contribution is -0.144. The van der Waals surface area contributed by atoms with Gasteiger partial charge in [-0.15, -0.1) is 11.3 Å². The largest absolute Gasteiger partial charge is 0.281 e. The Hall–Kier alpha value is -1.20. The Morgan fingerprint density at radius 1 is 1.32 bits per heavy atom. The lowest BCUT2D eigenvalue weighted by atomic mass is 9.85. The predicted molar refractivity (Wildman–Crippen MR) is 87.5 cm³/mol. The quantitative estimate of drug-likeness (QED) is 0.799. The van der Waals surface area contributed by atoms with E-state index in [1.807, 2.05) is 7.05 Å². The SMILES string of the molecule is Cc1ccc([C@H](C)N(C)CN2C(=O)CC3(CCCC3)C2=O)s1. The first-order valence-electron chi connectivity index (χ1n) is 8.04. The fraction of sp³-hybridized carbons (Fsp3) is 0.647. The summed E-state index contributed by atoms with van der Waals surface area (Å²) in [7, 11) is 1.99. The molecule has 4 nitrogen and oxygen atoms in total. The molecule has 5 heteroatoms. The minimum absolute atomic E-state index is 0.00769. The molecule has 2 aliphatic rings. The minimum atomic E-state index is -0.360. The van der Waals surface area contributed by atoms with E-state index >= 15 is 0 Å². The molecule has 3 rings (SSSR count). The average molecular weight is 320 g/mol. The van der Waals surface area contributed by atoms with Gasteiger partial charge in [-0.1, -0.05) is 12.8 Å². The van der Waals surface area contributed by atoms with Crippen LogP contribution in [0.25, 0.3) is 0 Å². The predicted octanol–water partition coefficient (Wildman–Crippen LogP) is 3.33. The number of hydrogen-bond acceptors (Lipinski definition) is 4. The second-order valence-corrected chi connectivity index (χ2v) is 8.13. The number of carbonyl (C=O) groups excluding carboxylic acids is 2. The summed E-state index contributed by atoms with van der Waals surface area (Å²) in [5.74, 6) is 0.0738. The molecule has 0 bridgehead atoms. The van der Waals surface area contributed by atoms with Crippen molar-refractivity contribution in [3.63, 3.8) is 0 Å². The molecule has 1 saturated heterocycles. The molecule has 0 aromatic carbocycles. The molecule has 1 aromatic heterocycles. The second kappa shape index (κ2) is 5.78. The normalized spacial score (nSPS) is 22.3. The number of aryl methyl sites for hydroxylation is 1. The monoisotopic (exact) mass is 320 g/mol. The molecule has 0 radical (unpaired) electrons. The highest BCUT2D eigenvalue weighted by Crippen LogP contribution is 2.47. The van der Waals surface area contributed by atoms with Crippen LogP contribution < -0.4 is 0 Å². The Morgan fingerprint density at radius 2 is 2.00 bits per heavy atom. The molecule has 2 heterocycles. The van der Waals surface area contributed by atoms with Crippen LogP contribution in [0.15, 0.2) is 12.1 Å². The van der Waals surface area contributed by atoms with Gasteiger partial charge in [0.05, 0.1) is 12.1 Å². The van der Waals surface area contributed by atoms with Crippen molar-refractivity contribution in [3.05, 3.63) is 21.9 Å². The summed E-state index contributed by atoms with van der Waals surface area (Å²) >= 11 is 1.77. The summed E-state index contributed by atoms with van der Waals surface area (Å²) in [4.78, 5) is 31.2. The van der Waals surface area contributed by atoms with Crippen molar-refractivity contribution in [1.29, 1.82) is 0 Å². The zero-order chi connectivity index (χ0) is 15.9. The van der Waals surface area contributed by atoms with Gasteiger partial charge in [0, 0.05) is 22.2 Å². The van der Waals surface area contributed by atoms with E-state index in [2.05, 4.69) is 30.9 Å². The maximum atomic E-state index is 12.7. The van der Waals surface area contributed by atoms with Gasteiger partial charge in [-0.05, 0) is 45.9 Å². The lowest BCUT2D eigenvalue weighted by Gasteiger charge is -2.29. The van der Waals surface area contributed by atoms with Crippen molar-refractivity contribution in [3.8, 4) is 0 Å². The van der Waals surface area contributed by atoms with Gasteiger partial charge in [-0.3, -0.25) is 19.4 Å². The summed E-state index contributed by atoms with van der Waals surface area (Å²) in [5, 5.41) is 0. The maximum absolute atomic E-state index is 12.7. The summed E-state index contributed by atoms with van der Waals surface area (Å²) < 4.78 is 0. The minimum Gasteiger partial charge on any atom is -0.281 e. The number of rotatable bonds is 4. The highest BCUT2D eigenvalue weighted by Gasteiger charge is 2.52. The fourth-order valence-corrected chi connectivity index (χ4v) is 4.68. The molecular formula is C17H24N2O2S. The third-order valence-corrected chi connectivity index (χ3v) is 6.42. The molecule has 0 N–H and O–H groups in total. The van der Waals surface area contributed by atoms with Gasteiger partial charge in [0.1, 0.15) is 0 Å². The van der Waals surface area contributed by atoms with Crippen LogP contribution in [0.4, 0.5) is 0 Å². The Balaban J connectivity index is 1.70. The Kier molecular flexibility index (Phi) is 4.12. The van der Waals surface area contributed by atoms with Gasteiger partial charge >= 0.3 is 0 Å². The van der Waals surface area contributed by atoms with Crippen LogP contribution >= 0.6 is 11.3 Å². The van der Waals surface area contributed by atoms with Crippen molar-refractivity contribution in [2.24, 2.45) is 5.41 Å². The first-order valence-corrected chi connectivity index (χ1v) is 8.86. The van der Waals surface area contributed by atoms with Crippen molar-refractivity contribution in [1.82, 2.24) is 9.80 Å². The number of carbonyl (C=O) groups is 2. The summed E-state index contributed by atoms with van der Waals surface area (Å²) in [6.45, 7) is 4.62. The van der Waals surface area contributed by atoms with Crippen molar-refractivity contribution < 1.29 is 9.59 Å². The van der Waals surface area contributed by atoms with Crippen LogP contribution in [0.2, 0.25) is 0 Å². The van der Waals surface area contributed by atoms with Crippen LogP contribution in [-0.2, 0) is 9.59 Å². The molecule has 1 atom stereocenters. The molecule has 1 spiro atoms. The molecule has 2 amide bonds. The van der Waals surface area contributed by atoms with E-state index in [1.54, 1.807) is 11.3 Å². The highest BCUT2D eigenvalue weighted by molar-refractivity contribution is 7.12. The number of nitrogens with zero attached hydrogens (tertiary/aromatic N) is 2. The summed E-state index contributed by atoms with van der Waals surface area (Å²) in [5.41, 5.74) is -0.360. The van der Waals surface area contributed by atoms with Crippen LogP contribution in [0.1, 0.15) is 54.8 Å². The molecule has 1 saturated carbocycles. The smallest absolute Gasteiger partial charge is 0.237 e.